The quantitative estimate of drug-likeness (QED) is 0.178. The lowest BCUT2D eigenvalue weighted by molar-refractivity contribution is -0.150. The molecule has 0 saturated heterocycles. The first-order valence-corrected chi connectivity index (χ1v) is 15.7. The van der Waals surface area contributed by atoms with Crippen molar-refractivity contribution in [2.45, 2.75) is 59.0 Å². The average Bonchev–Trinajstić information content (AvgIpc) is 3.00. The fourth-order valence-electron chi connectivity index (χ4n) is 6.37. The topological polar surface area (TPSA) is 105 Å². The van der Waals surface area contributed by atoms with Crippen molar-refractivity contribution < 1.29 is 24.2 Å². The average molecular weight is 619 g/mol. The number of Topliss-reactive ketones (excluding diaryl/α,β-unsaturated/α-hetero) is 1. The molecule has 0 heterocycles. The number of ketones is 1. The van der Waals surface area contributed by atoms with Gasteiger partial charge >= 0.3 is 0 Å². The van der Waals surface area contributed by atoms with Gasteiger partial charge in [0.05, 0.1) is 18.1 Å². The molecule has 1 fully saturated rings. The largest absolute Gasteiger partial charge is 0.493 e. The monoisotopic (exact) mass is 618 g/mol. The Kier molecular flexibility index (Phi) is 9.73. The van der Waals surface area contributed by atoms with Crippen LogP contribution in [0, 0.1) is 39.5 Å². The summed E-state index contributed by atoms with van der Waals surface area (Å²) in [4.78, 5) is 42.0. The summed E-state index contributed by atoms with van der Waals surface area (Å²) in [5.41, 5.74) is 4.92. The molecule has 238 valence electrons. The number of benzene rings is 4. The van der Waals surface area contributed by atoms with Gasteiger partial charge in [0.15, 0.2) is 0 Å². The van der Waals surface area contributed by atoms with E-state index < -0.39 is 41.0 Å². The molecule has 4 aromatic carbocycles. The van der Waals surface area contributed by atoms with Gasteiger partial charge in [-0.2, -0.15) is 0 Å². The molecule has 4 unspecified atom stereocenters. The Morgan fingerprint density at radius 2 is 1.37 bits per heavy atom. The summed E-state index contributed by atoms with van der Waals surface area (Å²) in [5, 5.41) is 17.7. The van der Waals surface area contributed by atoms with Crippen LogP contribution < -0.4 is 15.4 Å². The molecule has 3 N–H and O–H groups in total. The Morgan fingerprint density at radius 1 is 0.804 bits per heavy atom. The van der Waals surface area contributed by atoms with Gasteiger partial charge < -0.3 is 20.5 Å². The fourth-order valence-corrected chi connectivity index (χ4v) is 6.37. The van der Waals surface area contributed by atoms with E-state index in [1.54, 1.807) is 24.3 Å². The smallest absolute Gasteiger partial charge is 0.235 e. The van der Waals surface area contributed by atoms with Crippen molar-refractivity contribution in [1.82, 2.24) is 0 Å². The van der Waals surface area contributed by atoms with Gasteiger partial charge in [-0.05, 0) is 92.3 Å². The number of amides is 2. The number of hydrogen-bond donors (Lipinski definition) is 3. The highest BCUT2D eigenvalue weighted by Crippen LogP contribution is 2.47. The first kappa shape index (κ1) is 32.6. The van der Waals surface area contributed by atoms with Crippen LogP contribution in [0.15, 0.2) is 91.0 Å². The second-order valence-corrected chi connectivity index (χ2v) is 12.7. The number of nitrogens with one attached hydrogen (secondary N) is 2. The van der Waals surface area contributed by atoms with E-state index in [1.165, 1.54) is 6.92 Å². The molecule has 4 aromatic rings. The molecular weight excluding hydrogens is 576 g/mol. The van der Waals surface area contributed by atoms with Crippen molar-refractivity contribution in [2.75, 3.05) is 17.2 Å². The van der Waals surface area contributed by atoms with E-state index in [0.29, 0.717) is 29.3 Å². The summed E-state index contributed by atoms with van der Waals surface area (Å²) in [6, 6.07) is 28.7. The standard InChI is InChI=1S/C39H42N2O5/c1-24-11-13-26(3)31(21-24)40-37(43)35-33(42)23-39(5,45)36(38(44)41-32-22-25(2)12-14-27(32)4)34(35)29-15-17-30(18-16-29)46-20-19-28-9-7-6-8-10-28/h6-18,21-22,34-36,45H,19-20,23H2,1-5H3,(H,40,43)(H,41,44). The number of aliphatic hydroxyl groups is 1. The van der Waals surface area contributed by atoms with Gasteiger partial charge in [-0.25, -0.2) is 0 Å². The Bertz CT molecular complexity index is 1730. The summed E-state index contributed by atoms with van der Waals surface area (Å²) in [5.74, 6) is -4.01. The molecule has 2 amide bonds. The van der Waals surface area contributed by atoms with Crippen LogP contribution in [0.2, 0.25) is 0 Å². The zero-order valence-electron chi connectivity index (χ0n) is 27.1. The number of aryl methyl sites for hydroxylation is 4. The van der Waals surface area contributed by atoms with Crippen LogP contribution >= 0.6 is 0 Å². The predicted molar refractivity (Wildman–Crippen MR) is 181 cm³/mol. The number of carbonyl (C=O) groups excluding carboxylic acids is 3. The number of ether oxygens (including phenoxy) is 1. The lowest BCUT2D eigenvalue weighted by atomic mass is 9.61. The van der Waals surface area contributed by atoms with Gasteiger partial charge in [0, 0.05) is 30.1 Å². The zero-order chi connectivity index (χ0) is 33.0. The highest BCUT2D eigenvalue weighted by atomic mass is 16.5. The van der Waals surface area contributed by atoms with Gasteiger partial charge in [0.2, 0.25) is 11.8 Å². The minimum Gasteiger partial charge on any atom is -0.493 e. The Hall–Kier alpha value is -4.75. The Labute approximate surface area is 271 Å². The zero-order valence-corrected chi connectivity index (χ0v) is 27.1. The molecule has 4 atom stereocenters. The first-order valence-electron chi connectivity index (χ1n) is 15.7. The van der Waals surface area contributed by atoms with E-state index in [0.717, 1.165) is 34.2 Å². The first-order chi connectivity index (χ1) is 21.9. The number of anilines is 2. The third-order valence-electron chi connectivity index (χ3n) is 8.90. The SMILES string of the molecule is Cc1ccc(C)c(NC(=O)C2C(=O)CC(C)(O)C(C(=O)Nc3cc(C)ccc3C)C2c2ccc(OCCc3ccccc3)cc2)c1. The van der Waals surface area contributed by atoms with E-state index in [-0.39, 0.29) is 6.42 Å². The summed E-state index contributed by atoms with van der Waals surface area (Å²) in [7, 11) is 0. The Morgan fingerprint density at radius 3 is 1.96 bits per heavy atom. The molecule has 46 heavy (non-hydrogen) atoms. The van der Waals surface area contributed by atoms with Crippen LogP contribution in [0.25, 0.3) is 0 Å². The normalized spacial score (nSPS) is 21.0. The number of carbonyl (C=O) groups is 3. The maximum Gasteiger partial charge on any atom is 0.235 e. The molecule has 1 aliphatic rings. The van der Waals surface area contributed by atoms with E-state index in [2.05, 4.69) is 10.6 Å². The van der Waals surface area contributed by atoms with Gasteiger partial charge in [-0.1, -0.05) is 66.7 Å². The molecule has 5 rings (SSSR count). The number of hydrogen-bond acceptors (Lipinski definition) is 5. The van der Waals surface area contributed by atoms with Crippen LogP contribution in [-0.2, 0) is 20.8 Å². The van der Waals surface area contributed by atoms with Gasteiger partial charge in [0.1, 0.15) is 17.5 Å². The molecule has 0 spiro atoms. The second kappa shape index (κ2) is 13.7. The van der Waals surface area contributed by atoms with Gasteiger partial charge in [0.25, 0.3) is 0 Å². The molecule has 7 nitrogen and oxygen atoms in total. The molecule has 0 bridgehead atoms. The van der Waals surface area contributed by atoms with Crippen LogP contribution in [0.5, 0.6) is 5.75 Å². The van der Waals surface area contributed by atoms with Gasteiger partial charge in [-0.15, -0.1) is 0 Å². The van der Waals surface area contributed by atoms with E-state index >= 15 is 0 Å². The van der Waals surface area contributed by atoms with Crippen molar-refractivity contribution in [3.05, 3.63) is 124 Å². The third kappa shape index (κ3) is 7.37. The maximum atomic E-state index is 14.2. The van der Waals surface area contributed by atoms with Crippen molar-refractivity contribution in [2.24, 2.45) is 11.8 Å². The summed E-state index contributed by atoms with van der Waals surface area (Å²) in [6.07, 6.45) is 0.407. The summed E-state index contributed by atoms with van der Waals surface area (Å²) >= 11 is 0. The van der Waals surface area contributed by atoms with Crippen molar-refractivity contribution >= 4 is 29.0 Å². The molecule has 1 aliphatic carbocycles. The van der Waals surface area contributed by atoms with Crippen LogP contribution in [0.1, 0.15) is 52.6 Å². The predicted octanol–water partition coefficient (Wildman–Crippen LogP) is 6.86. The summed E-state index contributed by atoms with van der Waals surface area (Å²) in [6.45, 7) is 9.62. The third-order valence-corrected chi connectivity index (χ3v) is 8.90. The Balaban J connectivity index is 1.49. The van der Waals surface area contributed by atoms with Crippen molar-refractivity contribution in [3.63, 3.8) is 0 Å². The van der Waals surface area contributed by atoms with E-state index in [4.69, 9.17) is 4.74 Å². The molecular formula is C39H42N2O5. The van der Waals surface area contributed by atoms with Gasteiger partial charge in [-0.3, -0.25) is 14.4 Å². The number of rotatable bonds is 9. The molecule has 0 radical (unpaired) electrons. The van der Waals surface area contributed by atoms with Crippen molar-refractivity contribution in [3.8, 4) is 5.75 Å². The molecule has 0 aromatic heterocycles. The van der Waals surface area contributed by atoms with Crippen LogP contribution in [0.4, 0.5) is 11.4 Å². The highest BCUT2D eigenvalue weighted by molar-refractivity contribution is 6.10. The summed E-state index contributed by atoms with van der Waals surface area (Å²) < 4.78 is 5.99. The lowest BCUT2D eigenvalue weighted by Crippen LogP contribution is -2.56. The van der Waals surface area contributed by atoms with Crippen molar-refractivity contribution in [1.29, 1.82) is 0 Å². The minimum absolute atomic E-state index is 0.333. The molecule has 1 saturated carbocycles. The lowest BCUT2D eigenvalue weighted by Gasteiger charge is -2.44. The van der Waals surface area contributed by atoms with E-state index in [1.807, 2.05) is 94.4 Å². The fraction of sp³-hybridized carbons (Fsp3) is 0.308. The van der Waals surface area contributed by atoms with E-state index in [9.17, 15) is 19.5 Å². The minimum atomic E-state index is -1.70. The van der Waals surface area contributed by atoms with Crippen LogP contribution in [0.3, 0.4) is 0 Å². The molecule has 0 aliphatic heterocycles. The second-order valence-electron chi connectivity index (χ2n) is 12.7. The molecule has 7 heteroatoms. The van der Waals surface area contributed by atoms with Crippen LogP contribution in [-0.4, -0.2) is 34.9 Å². The maximum absolute atomic E-state index is 14.2. The highest BCUT2D eigenvalue weighted by Gasteiger charge is 2.56.